The maximum atomic E-state index is 13.6. The number of aryl methyl sites for hydroxylation is 1. The lowest BCUT2D eigenvalue weighted by Gasteiger charge is -2.40. The van der Waals surface area contributed by atoms with Crippen LogP contribution in [0.2, 0.25) is 0 Å². The first-order chi connectivity index (χ1) is 21.7. The minimum absolute atomic E-state index is 0.199. The van der Waals surface area contributed by atoms with Crippen LogP contribution >= 0.6 is 0 Å². The fraction of sp³-hybridized carbons (Fsp3) is 0.121. The molecule has 9 nitrogen and oxygen atoms in total. The summed E-state index contributed by atoms with van der Waals surface area (Å²) in [5, 5.41) is 7.92. The summed E-state index contributed by atoms with van der Waals surface area (Å²) in [7, 11) is 1.32. The molecule has 45 heavy (non-hydrogen) atoms. The summed E-state index contributed by atoms with van der Waals surface area (Å²) in [6.07, 6.45) is -2.86. The van der Waals surface area contributed by atoms with Crippen LogP contribution in [-0.4, -0.2) is 39.5 Å². The van der Waals surface area contributed by atoms with Gasteiger partial charge in [-0.3, -0.25) is 0 Å². The number of halogens is 3. The van der Waals surface area contributed by atoms with Crippen molar-refractivity contribution in [1.82, 2.24) is 14.8 Å². The number of aromatic nitrogens is 3. The molecule has 0 saturated heterocycles. The second-order valence-corrected chi connectivity index (χ2v) is 10.4. The first-order valence-corrected chi connectivity index (χ1v) is 13.9. The second-order valence-electron chi connectivity index (χ2n) is 10.4. The first kappa shape index (κ1) is 28.0. The number of aliphatic imine (C=N–C) groups is 2. The van der Waals surface area contributed by atoms with Crippen molar-refractivity contribution in [3.63, 3.8) is 0 Å². The molecular weight excluding hydrogens is 583 g/mol. The summed E-state index contributed by atoms with van der Waals surface area (Å²) in [4.78, 5) is 28.6. The largest absolute Gasteiger partial charge is 0.465 e. The Hall–Kier alpha value is -5.78. The lowest BCUT2D eigenvalue weighted by Crippen LogP contribution is -2.46. The molecule has 3 aromatic carbocycles. The van der Waals surface area contributed by atoms with Gasteiger partial charge in [0.2, 0.25) is 0 Å². The summed E-state index contributed by atoms with van der Waals surface area (Å²) in [5.74, 6) is 1.20. The first-order valence-electron chi connectivity index (χ1n) is 13.9. The van der Waals surface area contributed by atoms with E-state index in [0.717, 1.165) is 28.9 Å². The third-order valence-electron chi connectivity index (χ3n) is 7.60. The van der Waals surface area contributed by atoms with Gasteiger partial charge < -0.3 is 15.0 Å². The number of fused-ring (bicyclic) bond motifs is 4. The third-order valence-corrected chi connectivity index (χ3v) is 7.60. The summed E-state index contributed by atoms with van der Waals surface area (Å²) >= 11 is 0. The summed E-state index contributed by atoms with van der Waals surface area (Å²) in [5.41, 5.74) is 3.45. The number of alkyl halides is 3. The van der Waals surface area contributed by atoms with E-state index in [1.807, 2.05) is 60.4 Å². The Morgan fingerprint density at radius 2 is 1.71 bits per heavy atom. The zero-order valence-electron chi connectivity index (χ0n) is 23.9. The average Bonchev–Trinajstić information content (AvgIpc) is 3.39. The standard InChI is InChI=1S/C33H24F3N7O2/c1-19-27-28(20-13-15-21(16-14-20)32(44)45-2)42-25-11-4-3-10-24(25)39-29(38-23-9-7-8-22(18-23)33(34,35)36)31(42)40-30(27)43(41-19)26-12-5-6-17-37-26/h3-18,28H,1-2H3,(H,38,39)/t28-/m0/s1. The molecule has 5 aromatic rings. The molecule has 12 heteroatoms. The molecule has 4 heterocycles. The molecule has 7 rings (SSSR count). The zero-order chi connectivity index (χ0) is 31.3. The number of nitrogens with zero attached hydrogens (tertiary/aromatic N) is 6. The summed E-state index contributed by atoms with van der Waals surface area (Å²) < 4.78 is 47.3. The van der Waals surface area contributed by atoms with E-state index < -0.39 is 23.8 Å². The van der Waals surface area contributed by atoms with Gasteiger partial charge in [-0.2, -0.15) is 23.0 Å². The van der Waals surface area contributed by atoms with Crippen molar-refractivity contribution in [3.8, 4) is 5.82 Å². The number of para-hydroxylation sites is 2. The third kappa shape index (κ3) is 4.89. The molecule has 0 fully saturated rings. The van der Waals surface area contributed by atoms with E-state index in [9.17, 15) is 18.0 Å². The number of rotatable bonds is 4. The fourth-order valence-electron chi connectivity index (χ4n) is 5.58. The molecule has 0 saturated carbocycles. The maximum Gasteiger partial charge on any atom is 0.416 e. The number of ether oxygens (including phenoxy) is 1. The molecule has 0 spiro atoms. The Balaban J connectivity index is 1.45. The Labute approximate surface area is 255 Å². The SMILES string of the molecule is COC(=O)c1ccc([C@H]2c3c(C)nn(-c4ccccn4)c3N=C3C(Nc4cccc(C(F)(F)F)c4)=Nc4ccccc4N32)cc1. The number of methoxy groups -OCH3 is 1. The molecule has 2 aromatic heterocycles. The zero-order valence-corrected chi connectivity index (χ0v) is 23.9. The van der Waals surface area contributed by atoms with Crippen molar-refractivity contribution in [2.75, 3.05) is 17.3 Å². The number of amidine groups is 2. The maximum absolute atomic E-state index is 13.6. The second kappa shape index (κ2) is 10.7. The van der Waals surface area contributed by atoms with Gasteiger partial charge in [-0.05, 0) is 67.1 Å². The Kier molecular flexibility index (Phi) is 6.69. The van der Waals surface area contributed by atoms with Crippen molar-refractivity contribution in [1.29, 1.82) is 0 Å². The van der Waals surface area contributed by atoms with E-state index in [1.165, 1.54) is 13.2 Å². The van der Waals surface area contributed by atoms with Crippen LogP contribution < -0.4 is 10.2 Å². The average molecular weight is 608 g/mol. The van der Waals surface area contributed by atoms with E-state index in [-0.39, 0.29) is 11.5 Å². The van der Waals surface area contributed by atoms with Gasteiger partial charge in [-0.1, -0.05) is 36.4 Å². The normalized spacial score (nSPS) is 15.3. The Morgan fingerprint density at radius 1 is 0.933 bits per heavy atom. The molecule has 2 aliphatic rings. The topological polar surface area (TPSA) is 97.0 Å². The van der Waals surface area contributed by atoms with Crippen LogP contribution in [-0.2, 0) is 10.9 Å². The molecule has 0 unspecified atom stereocenters. The summed E-state index contributed by atoms with van der Waals surface area (Å²) in [6.45, 7) is 1.89. The van der Waals surface area contributed by atoms with Gasteiger partial charge in [0.1, 0.15) is 0 Å². The van der Waals surface area contributed by atoms with Gasteiger partial charge in [0, 0.05) is 17.4 Å². The summed E-state index contributed by atoms with van der Waals surface area (Å²) in [6, 6.07) is 24.4. The number of hydrogen-bond donors (Lipinski definition) is 1. The van der Waals surface area contributed by atoms with Crippen molar-refractivity contribution in [2.45, 2.75) is 19.1 Å². The molecule has 1 N–H and O–H groups in total. The quantitative estimate of drug-likeness (QED) is 0.218. The highest BCUT2D eigenvalue weighted by Crippen LogP contribution is 2.48. The van der Waals surface area contributed by atoms with Crippen LogP contribution in [0.15, 0.2) is 107 Å². The van der Waals surface area contributed by atoms with Crippen LogP contribution in [0.4, 0.5) is 36.1 Å². The molecular formula is C33H24F3N7O2. The van der Waals surface area contributed by atoms with Gasteiger partial charge in [-0.25, -0.2) is 19.8 Å². The minimum Gasteiger partial charge on any atom is -0.465 e. The molecule has 1 atom stereocenters. The Bertz CT molecular complexity index is 2000. The molecule has 224 valence electrons. The number of nitrogens with one attached hydrogen (secondary N) is 1. The lowest BCUT2D eigenvalue weighted by atomic mass is 9.92. The number of hydrogen-bond acceptors (Lipinski definition) is 8. The van der Waals surface area contributed by atoms with E-state index in [2.05, 4.69) is 10.3 Å². The van der Waals surface area contributed by atoms with Crippen molar-refractivity contribution < 1.29 is 22.7 Å². The van der Waals surface area contributed by atoms with Crippen LogP contribution in [0.25, 0.3) is 5.82 Å². The van der Waals surface area contributed by atoms with Gasteiger partial charge in [0.05, 0.1) is 41.3 Å². The van der Waals surface area contributed by atoms with Crippen LogP contribution in [0, 0.1) is 6.92 Å². The van der Waals surface area contributed by atoms with E-state index in [0.29, 0.717) is 34.4 Å². The van der Waals surface area contributed by atoms with Crippen molar-refractivity contribution in [2.24, 2.45) is 9.98 Å². The molecule has 0 radical (unpaired) electrons. The van der Waals surface area contributed by atoms with Crippen molar-refractivity contribution >= 4 is 40.5 Å². The predicted octanol–water partition coefficient (Wildman–Crippen LogP) is 7.18. The highest BCUT2D eigenvalue weighted by atomic mass is 19.4. The molecule has 0 amide bonds. The Morgan fingerprint density at radius 3 is 2.44 bits per heavy atom. The highest BCUT2D eigenvalue weighted by molar-refractivity contribution is 6.51. The van der Waals surface area contributed by atoms with Gasteiger partial charge in [0.25, 0.3) is 0 Å². The fourth-order valence-corrected chi connectivity index (χ4v) is 5.58. The number of esters is 1. The van der Waals surface area contributed by atoms with Crippen molar-refractivity contribution in [3.05, 3.63) is 125 Å². The van der Waals surface area contributed by atoms with E-state index >= 15 is 0 Å². The monoisotopic (exact) mass is 607 g/mol. The predicted molar refractivity (Wildman–Crippen MR) is 164 cm³/mol. The van der Waals surface area contributed by atoms with Crippen LogP contribution in [0.1, 0.15) is 38.8 Å². The number of benzene rings is 3. The van der Waals surface area contributed by atoms with Crippen LogP contribution in [0.5, 0.6) is 0 Å². The van der Waals surface area contributed by atoms with E-state index in [1.54, 1.807) is 35.1 Å². The number of carbonyl (C=O) groups is 1. The lowest BCUT2D eigenvalue weighted by molar-refractivity contribution is -0.137. The minimum atomic E-state index is -4.52. The molecule has 0 aliphatic carbocycles. The number of carbonyl (C=O) groups excluding carboxylic acids is 1. The smallest absolute Gasteiger partial charge is 0.416 e. The van der Waals surface area contributed by atoms with Gasteiger partial charge in [-0.15, -0.1) is 0 Å². The highest BCUT2D eigenvalue weighted by Gasteiger charge is 2.41. The van der Waals surface area contributed by atoms with E-state index in [4.69, 9.17) is 19.8 Å². The van der Waals surface area contributed by atoms with Crippen LogP contribution in [0.3, 0.4) is 0 Å². The number of anilines is 2. The number of pyridine rings is 1. The van der Waals surface area contributed by atoms with Gasteiger partial charge >= 0.3 is 12.1 Å². The molecule has 2 aliphatic heterocycles. The molecule has 0 bridgehead atoms. The van der Waals surface area contributed by atoms with Gasteiger partial charge in [0.15, 0.2) is 23.3 Å².